The molecule has 4 heteroatoms. The normalized spacial score (nSPS) is 16.3. The summed E-state index contributed by atoms with van der Waals surface area (Å²) in [5, 5.41) is 0. The van der Waals surface area contributed by atoms with Crippen LogP contribution in [0.15, 0.2) is 12.3 Å². The van der Waals surface area contributed by atoms with Gasteiger partial charge < -0.3 is 9.64 Å². The number of fused-ring (bicyclic) bond motifs is 1. The molecular formula is C19H30N2O2. The predicted octanol–water partition coefficient (Wildman–Crippen LogP) is 3.76. The Morgan fingerprint density at radius 2 is 1.87 bits per heavy atom. The summed E-state index contributed by atoms with van der Waals surface area (Å²) in [5.74, 6) is 0.923. The van der Waals surface area contributed by atoms with Crippen LogP contribution in [0.3, 0.4) is 0 Å². The zero-order valence-corrected chi connectivity index (χ0v) is 15.0. The number of hydrogen-bond donors (Lipinski definition) is 0. The van der Waals surface area contributed by atoms with Gasteiger partial charge in [-0.2, -0.15) is 0 Å². The van der Waals surface area contributed by atoms with E-state index in [1.165, 1.54) is 18.4 Å². The lowest BCUT2D eigenvalue weighted by Gasteiger charge is -2.34. The Hall–Kier alpha value is -1.58. The van der Waals surface area contributed by atoms with Crippen molar-refractivity contribution in [2.75, 3.05) is 6.61 Å². The van der Waals surface area contributed by atoms with Gasteiger partial charge in [0.05, 0.1) is 0 Å². The van der Waals surface area contributed by atoms with Gasteiger partial charge in [0.15, 0.2) is 6.61 Å². The number of rotatable bonds is 7. The number of nitrogens with zero attached hydrogens (tertiary/aromatic N) is 2. The van der Waals surface area contributed by atoms with Gasteiger partial charge in [0, 0.05) is 29.5 Å². The highest BCUT2D eigenvalue weighted by molar-refractivity contribution is 5.78. The Morgan fingerprint density at radius 3 is 2.52 bits per heavy atom. The van der Waals surface area contributed by atoms with Crippen LogP contribution < -0.4 is 4.74 Å². The number of aromatic nitrogens is 1. The SMILES string of the molecule is CCC(C)N(C(=O)COc1ccnc2c1CCCC2)C(C)CC. The van der Waals surface area contributed by atoms with Crippen LogP contribution in [-0.4, -0.2) is 34.5 Å². The number of hydrogen-bond acceptors (Lipinski definition) is 3. The third-order valence-corrected chi connectivity index (χ3v) is 4.96. The monoisotopic (exact) mass is 318 g/mol. The van der Waals surface area contributed by atoms with E-state index in [1.54, 1.807) is 6.20 Å². The van der Waals surface area contributed by atoms with Crippen LogP contribution in [0.4, 0.5) is 0 Å². The average molecular weight is 318 g/mol. The minimum Gasteiger partial charge on any atom is -0.483 e. The maximum absolute atomic E-state index is 12.7. The maximum atomic E-state index is 12.7. The second-order valence-electron chi connectivity index (χ2n) is 6.55. The zero-order valence-electron chi connectivity index (χ0n) is 15.0. The van der Waals surface area contributed by atoms with E-state index in [1.807, 2.05) is 11.0 Å². The van der Waals surface area contributed by atoms with E-state index in [0.29, 0.717) is 0 Å². The molecule has 1 amide bonds. The summed E-state index contributed by atoms with van der Waals surface area (Å²) >= 11 is 0. The van der Waals surface area contributed by atoms with Gasteiger partial charge in [-0.05, 0) is 58.4 Å². The third-order valence-electron chi connectivity index (χ3n) is 4.96. The van der Waals surface area contributed by atoms with Crippen molar-refractivity contribution in [1.82, 2.24) is 9.88 Å². The molecule has 0 radical (unpaired) electrons. The number of carbonyl (C=O) groups is 1. The second-order valence-corrected chi connectivity index (χ2v) is 6.55. The maximum Gasteiger partial charge on any atom is 0.260 e. The second kappa shape index (κ2) is 8.32. The van der Waals surface area contributed by atoms with Crippen molar-refractivity contribution in [3.05, 3.63) is 23.5 Å². The van der Waals surface area contributed by atoms with Crippen LogP contribution in [0.2, 0.25) is 0 Å². The first-order chi connectivity index (χ1) is 11.1. The Kier molecular flexibility index (Phi) is 6.43. The van der Waals surface area contributed by atoms with E-state index in [0.717, 1.165) is 37.1 Å². The molecule has 2 rings (SSSR count). The van der Waals surface area contributed by atoms with E-state index in [4.69, 9.17) is 4.74 Å². The van der Waals surface area contributed by atoms with Gasteiger partial charge >= 0.3 is 0 Å². The molecular weight excluding hydrogens is 288 g/mol. The van der Waals surface area contributed by atoms with Crippen molar-refractivity contribution in [3.8, 4) is 5.75 Å². The minimum atomic E-state index is 0.0788. The highest BCUT2D eigenvalue weighted by atomic mass is 16.5. The molecule has 4 nitrogen and oxygen atoms in total. The molecule has 0 saturated heterocycles. The van der Waals surface area contributed by atoms with Crippen LogP contribution in [0, 0.1) is 0 Å². The number of aryl methyl sites for hydroxylation is 1. The molecule has 0 N–H and O–H groups in total. The highest BCUT2D eigenvalue weighted by Gasteiger charge is 2.24. The number of pyridine rings is 1. The molecule has 0 aromatic carbocycles. The lowest BCUT2D eigenvalue weighted by Crippen LogP contribution is -2.46. The molecule has 1 aromatic heterocycles. The smallest absolute Gasteiger partial charge is 0.260 e. The Balaban J connectivity index is 2.06. The van der Waals surface area contributed by atoms with Crippen molar-refractivity contribution in [2.24, 2.45) is 0 Å². The predicted molar refractivity (Wildman–Crippen MR) is 92.7 cm³/mol. The van der Waals surface area contributed by atoms with Crippen molar-refractivity contribution in [3.63, 3.8) is 0 Å². The fraction of sp³-hybridized carbons (Fsp3) is 0.684. The lowest BCUT2D eigenvalue weighted by atomic mass is 9.95. The molecule has 1 aliphatic carbocycles. The Morgan fingerprint density at radius 1 is 1.22 bits per heavy atom. The topological polar surface area (TPSA) is 42.4 Å². The van der Waals surface area contributed by atoms with Gasteiger partial charge in [-0.3, -0.25) is 9.78 Å². The molecule has 0 bridgehead atoms. The van der Waals surface area contributed by atoms with Crippen LogP contribution in [-0.2, 0) is 17.6 Å². The summed E-state index contributed by atoms with van der Waals surface area (Å²) in [5.41, 5.74) is 2.34. The van der Waals surface area contributed by atoms with Crippen LogP contribution in [0.25, 0.3) is 0 Å². The quantitative estimate of drug-likeness (QED) is 0.768. The van der Waals surface area contributed by atoms with Crippen molar-refractivity contribution >= 4 is 5.91 Å². The first-order valence-electron chi connectivity index (χ1n) is 8.99. The van der Waals surface area contributed by atoms with Crippen LogP contribution >= 0.6 is 0 Å². The lowest BCUT2D eigenvalue weighted by molar-refractivity contribution is -0.137. The van der Waals surface area contributed by atoms with Crippen molar-refractivity contribution in [2.45, 2.75) is 78.3 Å². The molecule has 0 fully saturated rings. The first kappa shape index (κ1) is 17.8. The molecule has 1 heterocycles. The summed E-state index contributed by atoms with van der Waals surface area (Å²) in [6, 6.07) is 2.38. The zero-order chi connectivity index (χ0) is 16.8. The molecule has 1 aliphatic rings. The molecule has 0 saturated carbocycles. The fourth-order valence-corrected chi connectivity index (χ4v) is 3.26. The molecule has 23 heavy (non-hydrogen) atoms. The van der Waals surface area contributed by atoms with Gasteiger partial charge in [-0.15, -0.1) is 0 Å². The van der Waals surface area contributed by atoms with E-state index >= 15 is 0 Å². The van der Waals surface area contributed by atoms with E-state index in [9.17, 15) is 4.79 Å². The largest absolute Gasteiger partial charge is 0.483 e. The van der Waals surface area contributed by atoms with Gasteiger partial charge in [0.25, 0.3) is 5.91 Å². The van der Waals surface area contributed by atoms with Crippen molar-refractivity contribution < 1.29 is 9.53 Å². The van der Waals surface area contributed by atoms with Crippen molar-refractivity contribution in [1.29, 1.82) is 0 Å². The summed E-state index contributed by atoms with van der Waals surface area (Å²) in [7, 11) is 0. The molecule has 2 atom stereocenters. The third kappa shape index (κ3) is 4.24. The number of amides is 1. The molecule has 0 aliphatic heterocycles. The Bertz CT molecular complexity index is 520. The molecule has 1 aromatic rings. The van der Waals surface area contributed by atoms with E-state index < -0.39 is 0 Å². The molecule has 128 valence electrons. The van der Waals surface area contributed by atoms with Gasteiger partial charge in [0.2, 0.25) is 0 Å². The summed E-state index contributed by atoms with van der Waals surface area (Å²) in [4.78, 5) is 19.1. The van der Waals surface area contributed by atoms with E-state index in [2.05, 4.69) is 32.7 Å². The van der Waals surface area contributed by atoms with Crippen LogP contribution in [0.1, 0.15) is 64.6 Å². The average Bonchev–Trinajstić information content (AvgIpc) is 2.59. The first-order valence-corrected chi connectivity index (χ1v) is 8.99. The molecule has 2 unspecified atom stereocenters. The minimum absolute atomic E-state index is 0.0788. The summed E-state index contributed by atoms with van der Waals surface area (Å²) in [6.45, 7) is 8.57. The van der Waals surface area contributed by atoms with Gasteiger partial charge in [-0.25, -0.2) is 0 Å². The van der Waals surface area contributed by atoms with Crippen LogP contribution in [0.5, 0.6) is 5.75 Å². The summed E-state index contributed by atoms with van der Waals surface area (Å²) < 4.78 is 5.91. The van der Waals surface area contributed by atoms with Gasteiger partial charge in [-0.1, -0.05) is 13.8 Å². The number of ether oxygens (including phenoxy) is 1. The summed E-state index contributed by atoms with van der Waals surface area (Å²) in [6.07, 6.45) is 8.11. The van der Waals surface area contributed by atoms with E-state index in [-0.39, 0.29) is 24.6 Å². The van der Waals surface area contributed by atoms with Gasteiger partial charge in [0.1, 0.15) is 5.75 Å². The molecule has 0 spiro atoms. The number of carbonyl (C=O) groups excluding carboxylic acids is 1. The highest BCUT2D eigenvalue weighted by Crippen LogP contribution is 2.28. The Labute approximate surface area is 140 Å². The standard InChI is InChI=1S/C19H30N2O2/c1-5-14(3)21(15(4)6-2)19(22)13-23-18-11-12-20-17-10-8-7-9-16(17)18/h11-12,14-15H,5-10,13H2,1-4H3. The fourth-order valence-electron chi connectivity index (χ4n) is 3.26.